The lowest BCUT2D eigenvalue weighted by molar-refractivity contribution is 0.131. The summed E-state index contributed by atoms with van der Waals surface area (Å²) in [6.07, 6.45) is -0.444. The lowest BCUT2D eigenvalue weighted by Gasteiger charge is -2.20. The van der Waals surface area contributed by atoms with Crippen LogP contribution < -0.4 is 16.4 Å². The Bertz CT molecular complexity index is 469. The van der Waals surface area contributed by atoms with Gasteiger partial charge in [-0.3, -0.25) is 0 Å². The van der Waals surface area contributed by atoms with Crippen molar-refractivity contribution in [2.45, 2.75) is 32.9 Å². The Morgan fingerprint density at radius 1 is 1.42 bits per heavy atom. The second-order valence-corrected chi connectivity index (χ2v) is 5.58. The third-order valence-electron chi connectivity index (χ3n) is 2.04. The Kier molecular flexibility index (Phi) is 5.11. The number of alkyl carbamates (subject to hydrolysis) is 1. The molecule has 6 heteroatoms. The number of carbonyl (C=O) groups excluding carboxylic acids is 1. The molecule has 1 aromatic carbocycles. The molecular formula is C13H19N3O2S. The number of carbonyl (C=O) groups is 1. The molecule has 0 aliphatic heterocycles. The van der Waals surface area contributed by atoms with Crippen LogP contribution in [0.2, 0.25) is 0 Å². The highest BCUT2D eigenvalue weighted by atomic mass is 32.1. The number of nitrogens with two attached hydrogens (primary N) is 1. The van der Waals surface area contributed by atoms with Crippen LogP contribution >= 0.6 is 12.2 Å². The van der Waals surface area contributed by atoms with Gasteiger partial charge in [-0.15, -0.1) is 0 Å². The van der Waals surface area contributed by atoms with Gasteiger partial charge < -0.3 is 21.1 Å². The molecule has 0 fully saturated rings. The van der Waals surface area contributed by atoms with Gasteiger partial charge in [-0.1, -0.05) is 12.1 Å². The first kappa shape index (κ1) is 15.2. The summed E-state index contributed by atoms with van der Waals surface area (Å²) in [5.74, 6) is 0. The molecule has 0 bridgehead atoms. The average molecular weight is 281 g/mol. The van der Waals surface area contributed by atoms with Crippen molar-refractivity contribution in [1.82, 2.24) is 5.32 Å². The molecule has 4 N–H and O–H groups in total. The molecule has 0 aliphatic carbocycles. The molecule has 1 amide bonds. The van der Waals surface area contributed by atoms with Crippen LogP contribution in [0.4, 0.5) is 10.5 Å². The van der Waals surface area contributed by atoms with E-state index in [1.54, 1.807) is 0 Å². The molecule has 104 valence electrons. The first-order valence-electron chi connectivity index (χ1n) is 5.86. The molecule has 1 rings (SSSR count). The van der Waals surface area contributed by atoms with Crippen molar-refractivity contribution in [3.63, 3.8) is 0 Å². The second kappa shape index (κ2) is 6.38. The van der Waals surface area contributed by atoms with Gasteiger partial charge in [0, 0.05) is 11.2 Å². The third kappa shape index (κ3) is 6.61. The zero-order valence-electron chi connectivity index (χ0n) is 11.3. The number of rotatable bonds is 3. The molecule has 0 saturated carbocycles. The van der Waals surface area contributed by atoms with E-state index in [9.17, 15) is 4.79 Å². The van der Waals surface area contributed by atoms with Gasteiger partial charge in [-0.2, -0.15) is 0 Å². The minimum absolute atomic E-state index is 0.189. The average Bonchev–Trinajstić information content (AvgIpc) is 2.23. The topological polar surface area (TPSA) is 76.4 Å². The van der Waals surface area contributed by atoms with Crippen LogP contribution in [0.1, 0.15) is 26.3 Å². The highest BCUT2D eigenvalue weighted by molar-refractivity contribution is 7.80. The van der Waals surface area contributed by atoms with Crippen molar-refractivity contribution in [3.05, 3.63) is 29.8 Å². The number of anilines is 1. The summed E-state index contributed by atoms with van der Waals surface area (Å²) in [7, 11) is 0. The standard InChI is InChI=1S/C13H19N3O2S/c1-13(2,3)16-12(17)18-8-9-5-4-6-10(7-9)15-11(14)19/h4-7H,8H2,1-3H3,(H,16,17)(H3,14,15,19). The molecule has 0 unspecified atom stereocenters. The summed E-state index contributed by atoms with van der Waals surface area (Å²) in [5.41, 5.74) is 6.70. The molecule has 0 heterocycles. The summed E-state index contributed by atoms with van der Waals surface area (Å²) in [4.78, 5) is 11.5. The number of nitrogens with one attached hydrogen (secondary N) is 2. The third-order valence-corrected chi connectivity index (χ3v) is 2.14. The van der Waals surface area contributed by atoms with Crippen LogP contribution in [0.5, 0.6) is 0 Å². The fraction of sp³-hybridized carbons (Fsp3) is 0.385. The van der Waals surface area contributed by atoms with Gasteiger partial charge in [0.2, 0.25) is 0 Å². The molecule has 0 atom stereocenters. The molecule has 0 aromatic heterocycles. The van der Waals surface area contributed by atoms with E-state index in [1.165, 1.54) is 0 Å². The Morgan fingerprint density at radius 2 is 2.11 bits per heavy atom. The van der Waals surface area contributed by atoms with E-state index < -0.39 is 6.09 Å². The van der Waals surface area contributed by atoms with E-state index in [0.717, 1.165) is 11.3 Å². The summed E-state index contributed by atoms with van der Waals surface area (Å²) < 4.78 is 5.12. The lowest BCUT2D eigenvalue weighted by Crippen LogP contribution is -2.40. The number of amides is 1. The van der Waals surface area contributed by atoms with Crippen molar-refractivity contribution in [3.8, 4) is 0 Å². The highest BCUT2D eigenvalue weighted by Gasteiger charge is 2.14. The Labute approximate surface area is 118 Å². The monoisotopic (exact) mass is 281 g/mol. The van der Waals surface area contributed by atoms with Gasteiger partial charge in [-0.05, 0) is 50.7 Å². The van der Waals surface area contributed by atoms with Gasteiger partial charge >= 0.3 is 6.09 Å². The zero-order chi connectivity index (χ0) is 14.5. The second-order valence-electron chi connectivity index (χ2n) is 5.14. The number of ether oxygens (including phenoxy) is 1. The van der Waals surface area contributed by atoms with Crippen molar-refractivity contribution < 1.29 is 9.53 Å². The van der Waals surface area contributed by atoms with Gasteiger partial charge in [0.25, 0.3) is 0 Å². The summed E-state index contributed by atoms with van der Waals surface area (Å²) >= 11 is 4.76. The quantitative estimate of drug-likeness (QED) is 0.742. The largest absolute Gasteiger partial charge is 0.445 e. The maximum absolute atomic E-state index is 11.5. The zero-order valence-corrected chi connectivity index (χ0v) is 12.1. The summed E-state index contributed by atoms with van der Waals surface area (Å²) in [6, 6.07) is 7.34. The Hall–Kier alpha value is -1.82. The number of thiocarbonyl (C=S) groups is 1. The van der Waals surface area contributed by atoms with E-state index in [4.69, 9.17) is 22.7 Å². The molecule has 5 nitrogen and oxygen atoms in total. The predicted octanol–water partition coefficient (Wildman–Crippen LogP) is 2.37. The minimum Gasteiger partial charge on any atom is -0.445 e. The fourth-order valence-electron chi connectivity index (χ4n) is 1.37. The first-order chi connectivity index (χ1) is 8.76. The van der Waals surface area contributed by atoms with Gasteiger partial charge in [-0.25, -0.2) is 4.79 Å². The van der Waals surface area contributed by atoms with E-state index in [2.05, 4.69) is 10.6 Å². The van der Waals surface area contributed by atoms with Crippen LogP contribution in [0, 0.1) is 0 Å². The first-order valence-corrected chi connectivity index (χ1v) is 6.27. The van der Waals surface area contributed by atoms with Gasteiger partial charge in [0.05, 0.1) is 0 Å². The van der Waals surface area contributed by atoms with Gasteiger partial charge in [0.15, 0.2) is 5.11 Å². The Morgan fingerprint density at radius 3 is 2.68 bits per heavy atom. The molecule has 0 saturated heterocycles. The fourth-order valence-corrected chi connectivity index (χ4v) is 1.49. The lowest BCUT2D eigenvalue weighted by atomic mass is 10.1. The normalized spacial score (nSPS) is 10.7. The van der Waals surface area contributed by atoms with Crippen LogP contribution in [0.15, 0.2) is 24.3 Å². The van der Waals surface area contributed by atoms with E-state index in [1.807, 2.05) is 45.0 Å². The van der Waals surface area contributed by atoms with E-state index in [-0.39, 0.29) is 17.3 Å². The van der Waals surface area contributed by atoms with E-state index >= 15 is 0 Å². The van der Waals surface area contributed by atoms with Crippen molar-refractivity contribution in [2.75, 3.05) is 5.32 Å². The van der Waals surface area contributed by atoms with E-state index in [0.29, 0.717) is 0 Å². The molecule has 19 heavy (non-hydrogen) atoms. The molecule has 0 spiro atoms. The maximum atomic E-state index is 11.5. The van der Waals surface area contributed by atoms with Crippen molar-refractivity contribution in [2.24, 2.45) is 5.73 Å². The van der Waals surface area contributed by atoms with Crippen molar-refractivity contribution >= 4 is 29.1 Å². The Balaban J connectivity index is 2.53. The smallest absolute Gasteiger partial charge is 0.407 e. The van der Waals surface area contributed by atoms with Crippen LogP contribution in [-0.2, 0) is 11.3 Å². The SMILES string of the molecule is CC(C)(C)NC(=O)OCc1cccc(NC(N)=S)c1. The summed E-state index contributed by atoms with van der Waals surface area (Å²) in [5, 5.41) is 5.74. The molecular weight excluding hydrogens is 262 g/mol. The van der Waals surface area contributed by atoms with Crippen LogP contribution in [0.25, 0.3) is 0 Å². The van der Waals surface area contributed by atoms with Crippen LogP contribution in [-0.4, -0.2) is 16.7 Å². The predicted molar refractivity (Wildman–Crippen MR) is 79.9 cm³/mol. The highest BCUT2D eigenvalue weighted by Crippen LogP contribution is 2.11. The molecule has 0 radical (unpaired) electrons. The molecule has 1 aromatic rings. The number of hydrogen-bond acceptors (Lipinski definition) is 3. The maximum Gasteiger partial charge on any atom is 0.407 e. The van der Waals surface area contributed by atoms with Crippen molar-refractivity contribution in [1.29, 1.82) is 0 Å². The number of benzene rings is 1. The van der Waals surface area contributed by atoms with Gasteiger partial charge in [0.1, 0.15) is 6.61 Å². The summed E-state index contributed by atoms with van der Waals surface area (Å²) in [6.45, 7) is 5.86. The minimum atomic E-state index is -0.444. The number of hydrogen-bond donors (Lipinski definition) is 3. The van der Waals surface area contributed by atoms with Crippen LogP contribution in [0.3, 0.4) is 0 Å². The molecule has 0 aliphatic rings.